The molecule has 2 aromatic heterocycles. The van der Waals surface area contributed by atoms with E-state index in [9.17, 15) is 4.79 Å². The number of nitrogens with zero attached hydrogens (tertiary/aromatic N) is 4. The van der Waals surface area contributed by atoms with Crippen LogP contribution in [0, 0.1) is 0 Å². The number of pyridine rings is 1. The van der Waals surface area contributed by atoms with Crippen molar-refractivity contribution in [2.75, 3.05) is 31.6 Å². The molecule has 2 heterocycles. The summed E-state index contributed by atoms with van der Waals surface area (Å²) < 4.78 is 7.36. The van der Waals surface area contributed by atoms with Gasteiger partial charge in [-0.3, -0.25) is 9.36 Å². The molecule has 0 fully saturated rings. The third-order valence-corrected chi connectivity index (χ3v) is 6.12. The summed E-state index contributed by atoms with van der Waals surface area (Å²) >= 11 is 6.32. The lowest BCUT2D eigenvalue weighted by Crippen LogP contribution is -2.27. The fourth-order valence-electron chi connectivity index (χ4n) is 3.78. The van der Waals surface area contributed by atoms with Gasteiger partial charge in [-0.05, 0) is 49.5 Å². The molecule has 8 heteroatoms. The fraction of sp³-hybridized carbons (Fsp3) is 0.269. The quantitative estimate of drug-likeness (QED) is 0.361. The summed E-state index contributed by atoms with van der Waals surface area (Å²) in [5.41, 5.74) is 2.40. The second kappa shape index (κ2) is 10.7. The van der Waals surface area contributed by atoms with Crippen LogP contribution >= 0.6 is 11.6 Å². The van der Waals surface area contributed by atoms with E-state index < -0.39 is 0 Å². The summed E-state index contributed by atoms with van der Waals surface area (Å²) in [5.74, 6) is 1.22. The lowest BCUT2D eigenvalue weighted by atomic mass is 10.1. The Morgan fingerprint density at radius 3 is 2.50 bits per heavy atom. The number of nitrogens with one attached hydrogen (secondary N) is 1. The topological polar surface area (TPSA) is 72.3 Å². The highest BCUT2D eigenvalue weighted by Gasteiger charge is 2.13. The number of hydrogen-bond donors (Lipinski definition) is 1. The highest BCUT2D eigenvalue weighted by Crippen LogP contribution is 2.27. The molecule has 0 aliphatic rings. The number of fused-ring (bicyclic) bond motifs is 1. The zero-order chi connectivity index (χ0) is 24.1. The molecule has 0 saturated heterocycles. The monoisotopic (exact) mass is 477 g/mol. The molecule has 0 spiro atoms. The Morgan fingerprint density at radius 1 is 1.06 bits per heavy atom. The number of aryl methyl sites for hydroxylation is 1. The van der Waals surface area contributed by atoms with Gasteiger partial charge in [-0.2, -0.15) is 4.98 Å². The van der Waals surface area contributed by atoms with Crippen molar-refractivity contribution in [1.29, 1.82) is 0 Å². The number of benzene rings is 2. The molecule has 7 nitrogen and oxygen atoms in total. The van der Waals surface area contributed by atoms with Crippen molar-refractivity contribution >= 4 is 34.3 Å². The summed E-state index contributed by atoms with van der Waals surface area (Å²) in [4.78, 5) is 24.3. The first-order chi connectivity index (χ1) is 16.5. The van der Waals surface area contributed by atoms with Crippen molar-refractivity contribution < 1.29 is 4.74 Å². The van der Waals surface area contributed by atoms with E-state index >= 15 is 0 Å². The molecule has 0 saturated carbocycles. The van der Waals surface area contributed by atoms with Crippen molar-refractivity contribution in [1.82, 2.24) is 19.4 Å². The van der Waals surface area contributed by atoms with Crippen molar-refractivity contribution in [3.8, 4) is 16.9 Å². The van der Waals surface area contributed by atoms with Crippen LogP contribution in [0.1, 0.15) is 13.8 Å². The van der Waals surface area contributed by atoms with Crippen molar-refractivity contribution in [2.24, 2.45) is 7.05 Å². The van der Waals surface area contributed by atoms with E-state index in [1.165, 1.54) is 4.57 Å². The molecule has 0 atom stereocenters. The van der Waals surface area contributed by atoms with Gasteiger partial charge < -0.3 is 15.0 Å². The van der Waals surface area contributed by atoms with Gasteiger partial charge in [-0.15, -0.1) is 0 Å². The molecule has 176 valence electrons. The number of anilines is 2. The summed E-state index contributed by atoms with van der Waals surface area (Å²) in [6, 6.07) is 16.7. The first-order valence-electron chi connectivity index (χ1n) is 11.3. The molecule has 4 aromatic rings. The predicted octanol–water partition coefficient (Wildman–Crippen LogP) is 5.11. The number of hydrogen-bond acceptors (Lipinski definition) is 6. The summed E-state index contributed by atoms with van der Waals surface area (Å²) in [7, 11) is 1.70. The Hall–Kier alpha value is -3.42. The molecule has 0 bridgehead atoms. The summed E-state index contributed by atoms with van der Waals surface area (Å²) in [5, 5.41) is 4.47. The van der Waals surface area contributed by atoms with Gasteiger partial charge in [0, 0.05) is 47.0 Å². The van der Waals surface area contributed by atoms with E-state index in [0.29, 0.717) is 34.4 Å². The maximum atomic E-state index is 13.0. The zero-order valence-electron chi connectivity index (χ0n) is 19.6. The van der Waals surface area contributed by atoms with Gasteiger partial charge in [0.15, 0.2) is 0 Å². The van der Waals surface area contributed by atoms with Gasteiger partial charge >= 0.3 is 0 Å². The maximum Gasteiger partial charge on any atom is 0.259 e. The molecule has 0 aliphatic heterocycles. The highest BCUT2D eigenvalue weighted by molar-refractivity contribution is 6.33. The lowest BCUT2D eigenvalue weighted by molar-refractivity contribution is 0.223. The van der Waals surface area contributed by atoms with Gasteiger partial charge in [0.05, 0.1) is 0 Å². The molecule has 0 unspecified atom stereocenters. The van der Waals surface area contributed by atoms with E-state index in [1.807, 2.05) is 42.5 Å². The third kappa shape index (κ3) is 5.21. The molecule has 34 heavy (non-hydrogen) atoms. The van der Waals surface area contributed by atoms with Crippen LogP contribution in [0.3, 0.4) is 0 Å². The minimum absolute atomic E-state index is 0.170. The normalized spacial score (nSPS) is 11.2. The Kier molecular flexibility index (Phi) is 7.45. The van der Waals surface area contributed by atoms with E-state index in [1.54, 1.807) is 25.4 Å². The standard InChI is InChI=1S/C26H28ClN5O2/c1-4-32(5-2)14-15-34-20-12-10-19(11-13-20)29-26-28-17-18-16-22(21-8-6-7-9-23(21)27)25(33)31(3)24(18)30-26/h6-13,16-17H,4-5,14-15H2,1-3H3,(H,28,29,30). The molecule has 0 radical (unpaired) electrons. The number of rotatable bonds is 9. The van der Waals surface area contributed by atoms with Crippen molar-refractivity contribution in [3.63, 3.8) is 0 Å². The van der Waals surface area contributed by atoms with E-state index in [-0.39, 0.29) is 5.56 Å². The highest BCUT2D eigenvalue weighted by atomic mass is 35.5. The predicted molar refractivity (Wildman–Crippen MR) is 138 cm³/mol. The van der Waals surface area contributed by atoms with Crippen molar-refractivity contribution in [3.05, 3.63) is 76.2 Å². The van der Waals surface area contributed by atoms with Crippen LogP contribution in [0.5, 0.6) is 5.75 Å². The van der Waals surface area contributed by atoms with Crippen LogP contribution in [-0.4, -0.2) is 45.7 Å². The SMILES string of the molecule is CCN(CC)CCOc1ccc(Nc2ncc3cc(-c4ccccc4Cl)c(=O)n(C)c3n2)cc1. The van der Waals surface area contributed by atoms with Gasteiger partial charge in [0.25, 0.3) is 5.56 Å². The smallest absolute Gasteiger partial charge is 0.259 e. The first kappa shape index (κ1) is 23.7. The first-order valence-corrected chi connectivity index (χ1v) is 11.7. The van der Waals surface area contributed by atoms with Crippen LogP contribution in [0.25, 0.3) is 22.2 Å². The minimum Gasteiger partial charge on any atom is -0.492 e. The number of halogens is 1. The van der Waals surface area contributed by atoms with Gasteiger partial charge in [-0.1, -0.05) is 43.6 Å². The van der Waals surface area contributed by atoms with Crippen LogP contribution in [0.2, 0.25) is 5.02 Å². The second-order valence-electron chi connectivity index (χ2n) is 7.90. The number of aromatic nitrogens is 3. The van der Waals surface area contributed by atoms with Gasteiger partial charge in [0.2, 0.25) is 5.95 Å². The Morgan fingerprint density at radius 2 is 1.79 bits per heavy atom. The molecule has 0 amide bonds. The van der Waals surface area contributed by atoms with Gasteiger partial charge in [-0.25, -0.2) is 4.98 Å². The largest absolute Gasteiger partial charge is 0.492 e. The minimum atomic E-state index is -0.170. The molecule has 2 aromatic carbocycles. The molecule has 4 rings (SSSR count). The molecule has 0 aliphatic carbocycles. The zero-order valence-corrected chi connectivity index (χ0v) is 20.3. The number of ether oxygens (including phenoxy) is 1. The molecular formula is C26H28ClN5O2. The molecule has 1 N–H and O–H groups in total. The maximum absolute atomic E-state index is 13.0. The summed E-state index contributed by atoms with van der Waals surface area (Å²) in [6.45, 7) is 7.87. The second-order valence-corrected chi connectivity index (χ2v) is 8.31. The van der Waals surface area contributed by atoms with E-state index in [0.717, 1.165) is 36.5 Å². The van der Waals surface area contributed by atoms with Crippen LogP contribution < -0.4 is 15.6 Å². The fourth-order valence-corrected chi connectivity index (χ4v) is 4.01. The average molecular weight is 478 g/mol. The van der Waals surface area contributed by atoms with Crippen molar-refractivity contribution in [2.45, 2.75) is 13.8 Å². The Balaban J connectivity index is 1.51. The van der Waals surface area contributed by atoms with Crippen LogP contribution in [0.4, 0.5) is 11.6 Å². The number of likely N-dealkylation sites (N-methyl/N-ethyl adjacent to an activating group) is 1. The van der Waals surface area contributed by atoms with E-state index in [4.69, 9.17) is 16.3 Å². The van der Waals surface area contributed by atoms with Crippen LogP contribution in [0.15, 0.2) is 65.6 Å². The average Bonchev–Trinajstić information content (AvgIpc) is 2.86. The summed E-state index contributed by atoms with van der Waals surface area (Å²) in [6.07, 6.45) is 1.70. The molecular weight excluding hydrogens is 450 g/mol. The Labute approximate surface area is 204 Å². The van der Waals surface area contributed by atoms with Crippen LogP contribution in [-0.2, 0) is 7.05 Å². The lowest BCUT2D eigenvalue weighted by Gasteiger charge is -2.18. The third-order valence-electron chi connectivity index (χ3n) is 5.79. The van der Waals surface area contributed by atoms with Gasteiger partial charge in [0.1, 0.15) is 18.0 Å². The Bertz CT molecular complexity index is 1330. The van der Waals surface area contributed by atoms with E-state index in [2.05, 4.69) is 34.0 Å².